The average Bonchev–Trinajstić information content (AvgIpc) is 3.00. The first-order valence-corrected chi connectivity index (χ1v) is 6.04. The molecule has 0 aromatic heterocycles. The van der Waals surface area contributed by atoms with Gasteiger partial charge in [-0.3, -0.25) is 0 Å². The van der Waals surface area contributed by atoms with Crippen molar-refractivity contribution in [3.8, 4) is 0 Å². The zero-order chi connectivity index (χ0) is 17.2. The van der Waals surface area contributed by atoms with Gasteiger partial charge in [-0.25, -0.2) is 0 Å². The second-order valence-electron chi connectivity index (χ2n) is 4.17. The first kappa shape index (κ1) is 25.3. The molecule has 126 valence electrons. The Kier molecular flexibility index (Phi) is 13.6. The van der Waals surface area contributed by atoms with E-state index >= 15 is 0 Å². The molecule has 0 heterocycles. The van der Waals surface area contributed by atoms with Gasteiger partial charge < -0.3 is 0 Å². The minimum absolute atomic E-state index is 0. The predicted octanol–water partition coefficient (Wildman–Crippen LogP) is 5.09. The number of hydrogen-bond acceptors (Lipinski definition) is 0. The molecule has 0 aromatic rings. The third-order valence-corrected chi connectivity index (χ3v) is 2.00. The summed E-state index contributed by atoms with van der Waals surface area (Å²) < 4.78 is 65.5. The summed E-state index contributed by atoms with van der Waals surface area (Å²) in [6.07, 6.45) is 6.51. The first-order valence-electron chi connectivity index (χ1n) is 6.04. The molecule has 7 heteroatoms. The van der Waals surface area contributed by atoms with Crippen LogP contribution in [0.2, 0.25) is 0 Å². The van der Waals surface area contributed by atoms with Crippen molar-refractivity contribution in [1.82, 2.24) is 0 Å². The quantitative estimate of drug-likeness (QED) is 0.381. The largest absolute Gasteiger partial charge is 0.417 e. The van der Waals surface area contributed by atoms with Crippen LogP contribution in [0.25, 0.3) is 0 Å². The summed E-state index contributed by atoms with van der Waals surface area (Å²) in [4.78, 5) is 0. The molecule has 2 fully saturated rings. The van der Waals surface area contributed by atoms with E-state index in [4.69, 9.17) is 0 Å². The maximum atomic E-state index is 10.9. The molecule has 2 aliphatic carbocycles. The van der Waals surface area contributed by atoms with E-state index in [0.29, 0.717) is 0 Å². The zero-order valence-electron chi connectivity index (χ0n) is 12.3. The van der Waals surface area contributed by atoms with Crippen LogP contribution in [-0.2, 0) is 21.1 Å². The summed E-state index contributed by atoms with van der Waals surface area (Å²) in [5.74, 6) is 2.69. The molecule has 0 amide bonds. The van der Waals surface area contributed by atoms with Crippen LogP contribution in [0.1, 0.15) is 13.8 Å². The maximum Gasteiger partial charge on any atom is 0.417 e. The fourth-order valence-electron chi connectivity index (χ4n) is 1.08. The van der Waals surface area contributed by atoms with E-state index in [-0.39, 0.29) is 33.2 Å². The van der Waals surface area contributed by atoms with Crippen molar-refractivity contribution in [3.63, 3.8) is 0 Å². The Labute approximate surface area is 149 Å². The number of halogens is 6. The molecule has 0 nitrogen and oxygen atoms in total. The zero-order valence-corrected chi connectivity index (χ0v) is 14.3. The van der Waals surface area contributed by atoms with Gasteiger partial charge in [-0.2, -0.15) is 26.3 Å². The Bertz CT molecular complexity index is 267. The van der Waals surface area contributed by atoms with Gasteiger partial charge in [0.2, 0.25) is 0 Å². The molecule has 23 heavy (non-hydrogen) atoms. The molecule has 0 unspecified atom stereocenters. The first-order chi connectivity index (χ1) is 9.99. The molecule has 0 N–H and O–H groups in total. The van der Waals surface area contributed by atoms with Gasteiger partial charge in [0, 0.05) is 21.1 Å². The number of alkyl halides is 6. The van der Waals surface area contributed by atoms with E-state index in [1.54, 1.807) is 0 Å². The van der Waals surface area contributed by atoms with E-state index in [1.165, 1.54) is 11.8 Å². The van der Waals surface area contributed by atoms with Gasteiger partial charge in [0.05, 0.1) is 12.2 Å². The molecule has 0 bridgehead atoms. The Morgan fingerprint density at radius 2 is 0.826 bits per heavy atom. The Morgan fingerprint density at radius 1 is 0.609 bits per heavy atom. The summed E-state index contributed by atoms with van der Waals surface area (Å²) in [7, 11) is 0. The van der Waals surface area contributed by atoms with E-state index in [2.05, 4.69) is 39.5 Å². The second kappa shape index (κ2) is 12.4. The van der Waals surface area contributed by atoms with Crippen molar-refractivity contribution < 1.29 is 47.4 Å². The van der Waals surface area contributed by atoms with Gasteiger partial charge in [0.25, 0.3) is 0 Å². The van der Waals surface area contributed by atoms with E-state index in [9.17, 15) is 26.3 Å². The summed E-state index contributed by atoms with van der Waals surface area (Å²) in [5, 5.41) is 0. The molecule has 12 radical (unpaired) electrons. The number of allylic oxidation sites excluding steroid dienone is 2. The molecular weight excluding hydrogens is 402 g/mol. The smallest absolute Gasteiger partial charge is 0.166 e. The second-order valence-corrected chi connectivity index (χ2v) is 4.17. The van der Waals surface area contributed by atoms with Crippen LogP contribution in [-0.4, -0.2) is 12.4 Å². The summed E-state index contributed by atoms with van der Waals surface area (Å²) in [5.41, 5.74) is 0. The normalized spacial score (nSPS) is 19.7. The van der Waals surface area contributed by atoms with Crippen molar-refractivity contribution in [1.29, 1.82) is 0 Å². The fourth-order valence-corrected chi connectivity index (χ4v) is 1.08. The van der Waals surface area contributed by atoms with Crippen LogP contribution in [0.3, 0.4) is 0 Å². The Hall–Kier alpha value is 0.00831. The van der Waals surface area contributed by atoms with Gasteiger partial charge in [-0.15, -0.1) is 0 Å². The van der Waals surface area contributed by atoms with Gasteiger partial charge in [0.1, 0.15) is 0 Å². The van der Waals surface area contributed by atoms with Crippen molar-refractivity contribution >= 4 is 0 Å². The molecule has 0 aromatic carbocycles. The van der Waals surface area contributed by atoms with Gasteiger partial charge in [-0.05, 0) is 63.2 Å². The van der Waals surface area contributed by atoms with Crippen molar-refractivity contribution in [2.45, 2.75) is 26.2 Å². The molecular formula is C16H14F6Mo. The molecule has 2 aliphatic rings. The minimum atomic E-state index is -5.07. The number of rotatable bonds is 0. The third-order valence-electron chi connectivity index (χ3n) is 2.00. The predicted molar refractivity (Wildman–Crippen MR) is 70.8 cm³/mol. The molecule has 2 rings (SSSR count). The maximum absolute atomic E-state index is 10.9. The fraction of sp³-hybridized carbons (Fsp3) is 0.250. The van der Waals surface area contributed by atoms with Crippen LogP contribution in [0.5, 0.6) is 0 Å². The molecule has 0 spiro atoms. The summed E-state index contributed by atoms with van der Waals surface area (Å²) in [6.45, 7) is 4.17. The van der Waals surface area contributed by atoms with E-state index in [1.807, 2.05) is 25.7 Å². The number of hydrogen-bond donors (Lipinski definition) is 0. The van der Waals surface area contributed by atoms with Crippen molar-refractivity contribution in [3.05, 3.63) is 75.4 Å². The van der Waals surface area contributed by atoms with Crippen LogP contribution in [0.4, 0.5) is 26.3 Å². The summed E-state index contributed by atoms with van der Waals surface area (Å²) >= 11 is 0. The molecule has 0 aliphatic heterocycles. The van der Waals surface area contributed by atoms with E-state index < -0.39 is 12.4 Å². The Morgan fingerprint density at radius 3 is 0.913 bits per heavy atom. The van der Waals surface area contributed by atoms with Crippen LogP contribution in [0.15, 0.2) is 0 Å². The van der Waals surface area contributed by atoms with Crippen molar-refractivity contribution in [2.24, 2.45) is 0 Å². The average molecular weight is 416 g/mol. The standard InChI is InChI=1S/2C6H7.C4F6.Mo/c2*1-6-4-2-3-5-6;5-3(6,7)1-2-4(8,9)10;/h2*2-5H,1H3;;. The van der Waals surface area contributed by atoms with Crippen molar-refractivity contribution in [2.75, 3.05) is 0 Å². The minimum Gasteiger partial charge on any atom is -0.166 e. The topological polar surface area (TPSA) is 0 Å². The van der Waals surface area contributed by atoms with E-state index in [0.717, 1.165) is 0 Å². The van der Waals surface area contributed by atoms with Crippen LogP contribution >= 0.6 is 0 Å². The van der Waals surface area contributed by atoms with Gasteiger partial charge in [-0.1, -0.05) is 13.8 Å². The van der Waals surface area contributed by atoms with Crippen LogP contribution < -0.4 is 0 Å². The molecule has 2 saturated carbocycles. The van der Waals surface area contributed by atoms with Gasteiger partial charge >= 0.3 is 12.4 Å². The van der Waals surface area contributed by atoms with Gasteiger partial charge in [0.15, 0.2) is 0 Å². The SMILES string of the molecule is C[C]1[CH][CH][CH][CH]1.C[C]1[CH][CH][CH][CH]1.FC(F)(F)[C]=[C]C(F)(F)F.[Mo]. The monoisotopic (exact) mass is 418 g/mol. The Balaban J connectivity index is 0. The third kappa shape index (κ3) is 20.0. The van der Waals surface area contributed by atoms with Crippen LogP contribution in [0, 0.1) is 75.4 Å². The molecule has 0 saturated heterocycles. The molecule has 0 atom stereocenters. The summed E-state index contributed by atoms with van der Waals surface area (Å²) in [6, 6.07) is 0.